The fourth-order valence-electron chi connectivity index (χ4n) is 5.62. The van der Waals surface area contributed by atoms with Crippen LogP contribution < -0.4 is 4.90 Å². The van der Waals surface area contributed by atoms with Gasteiger partial charge in [-0.2, -0.15) is 26.3 Å². The number of carbonyl (C=O) groups is 2. The molecule has 2 fully saturated rings. The summed E-state index contributed by atoms with van der Waals surface area (Å²) in [7, 11) is 1.82. The van der Waals surface area contributed by atoms with E-state index in [1.54, 1.807) is 17.3 Å². The first-order chi connectivity index (χ1) is 19.2. The first-order valence-corrected chi connectivity index (χ1v) is 12.9. The highest BCUT2D eigenvalue weighted by atomic mass is 19.4. The van der Waals surface area contributed by atoms with Crippen LogP contribution in [0.4, 0.5) is 32.0 Å². The summed E-state index contributed by atoms with van der Waals surface area (Å²) in [6, 6.07) is 8.42. The van der Waals surface area contributed by atoms with Crippen LogP contribution in [0.2, 0.25) is 0 Å². The van der Waals surface area contributed by atoms with Crippen molar-refractivity contribution in [3.63, 3.8) is 0 Å². The number of imidazole rings is 1. The van der Waals surface area contributed by atoms with Crippen LogP contribution in [0.15, 0.2) is 54.9 Å². The lowest BCUT2D eigenvalue weighted by molar-refractivity contribution is -0.143. The zero-order valence-electron chi connectivity index (χ0n) is 22.3. The molecule has 0 N–H and O–H groups in total. The van der Waals surface area contributed by atoms with Gasteiger partial charge >= 0.3 is 12.4 Å². The fourth-order valence-corrected chi connectivity index (χ4v) is 5.62. The van der Waals surface area contributed by atoms with Gasteiger partial charge in [0.05, 0.1) is 24.3 Å². The number of carbonyl (C=O) groups excluding carboxylic acids is 2. The summed E-state index contributed by atoms with van der Waals surface area (Å²) in [6.45, 7) is 2.37. The molecule has 0 bridgehead atoms. The summed E-state index contributed by atoms with van der Waals surface area (Å²) in [5.74, 6) is -0.443. The molecule has 3 aromatic rings. The third kappa shape index (κ3) is 5.24. The number of halogens is 6. The number of benzene rings is 2. The van der Waals surface area contributed by atoms with Gasteiger partial charge < -0.3 is 19.3 Å². The van der Waals surface area contributed by atoms with E-state index >= 15 is 0 Å². The molecule has 5 rings (SSSR count). The molecule has 0 atom stereocenters. The van der Waals surface area contributed by atoms with Gasteiger partial charge in [0, 0.05) is 43.8 Å². The lowest BCUT2D eigenvalue weighted by Crippen LogP contribution is -2.57. The second-order valence-corrected chi connectivity index (χ2v) is 10.4. The lowest BCUT2D eigenvalue weighted by Gasteiger charge is -2.43. The normalized spacial score (nSPS) is 17.6. The summed E-state index contributed by atoms with van der Waals surface area (Å²) in [5.41, 5.74) is -3.08. The number of hydrogen-bond donors (Lipinski definition) is 0. The SMILES string of the molecule is Cc1ccccc1N1CN(Cc2nccn2C)C(=O)C12CCN(C(=O)c1cc(C(F)(F)F)cc(C(F)(F)F)c1)CC2. The molecule has 2 aliphatic heterocycles. The minimum Gasteiger partial charge on any atom is -0.339 e. The predicted octanol–water partition coefficient (Wildman–Crippen LogP) is 5.25. The maximum atomic E-state index is 14.0. The topological polar surface area (TPSA) is 61.7 Å². The van der Waals surface area contributed by atoms with Crippen molar-refractivity contribution in [2.75, 3.05) is 24.7 Å². The number of aryl methyl sites for hydroxylation is 2. The first kappa shape index (κ1) is 28.5. The van der Waals surface area contributed by atoms with E-state index in [2.05, 4.69) is 4.98 Å². The maximum absolute atomic E-state index is 14.0. The average molecular weight is 580 g/mol. The van der Waals surface area contributed by atoms with Crippen LogP contribution in [0, 0.1) is 6.92 Å². The maximum Gasteiger partial charge on any atom is 0.416 e. The zero-order valence-corrected chi connectivity index (χ0v) is 22.3. The Morgan fingerprint density at radius 2 is 1.59 bits per heavy atom. The Labute approximate surface area is 232 Å². The highest BCUT2D eigenvalue weighted by Gasteiger charge is 2.54. The molecule has 0 unspecified atom stereocenters. The van der Waals surface area contributed by atoms with Crippen molar-refractivity contribution in [3.8, 4) is 0 Å². The number of rotatable bonds is 4. The van der Waals surface area contributed by atoms with Crippen LogP contribution in [0.25, 0.3) is 0 Å². The number of para-hydroxylation sites is 1. The molecule has 7 nitrogen and oxygen atoms in total. The Morgan fingerprint density at radius 1 is 0.976 bits per heavy atom. The molecule has 41 heavy (non-hydrogen) atoms. The summed E-state index contributed by atoms with van der Waals surface area (Å²) < 4.78 is 82.0. The van der Waals surface area contributed by atoms with Crippen LogP contribution in [0.1, 0.15) is 45.7 Å². The van der Waals surface area contributed by atoms with E-state index in [1.807, 2.05) is 47.7 Å². The number of alkyl halides is 6. The first-order valence-electron chi connectivity index (χ1n) is 12.9. The summed E-state index contributed by atoms with van der Waals surface area (Å²) in [5, 5.41) is 0. The molecule has 1 aromatic heterocycles. The summed E-state index contributed by atoms with van der Waals surface area (Å²) in [4.78, 5) is 36.4. The molecule has 2 saturated heterocycles. The average Bonchev–Trinajstić information content (AvgIpc) is 3.44. The van der Waals surface area contributed by atoms with Crippen molar-refractivity contribution >= 4 is 17.5 Å². The number of likely N-dealkylation sites (tertiary alicyclic amines) is 1. The van der Waals surface area contributed by atoms with Gasteiger partial charge in [-0.25, -0.2) is 4.98 Å². The largest absolute Gasteiger partial charge is 0.416 e. The van der Waals surface area contributed by atoms with Crippen LogP contribution in [0.3, 0.4) is 0 Å². The van der Waals surface area contributed by atoms with E-state index in [1.165, 1.54) is 4.90 Å². The Bertz CT molecular complexity index is 1440. The molecular weight excluding hydrogens is 552 g/mol. The molecule has 0 saturated carbocycles. The van der Waals surface area contributed by atoms with Gasteiger partial charge in [-0.15, -0.1) is 0 Å². The molecule has 13 heteroatoms. The van der Waals surface area contributed by atoms with Crippen molar-refractivity contribution in [1.82, 2.24) is 19.4 Å². The van der Waals surface area contributed by atoms with Gasteiger partial charge in [-0.1, -0.05) is 18.2 Å². The molecule has 2 aliphatic rings. The summed E-state index contributed by atoms with van der Waals surface area (Å²) in [6.07, 6.45) is -6.44. The van der Waals surface area contributed by atoms with Crippen molar-refractivity contribution in [3.05, 3.63) is 82.9 Å². The molecule has 3 heterocycles. The van der Waals surface area contributed by atoms with Gasteiger partial charge in [0.2, 0.25) is 5.91 Å². The molecule has 2 amide bonds. The van der Waals surface area contributed by atoms with Crippen LogP contribution >= 0.6 is 0 Å². The van der Waals surface area contributed by atoms with Gasteiger partial charge in [0.15, 0.2) is 0 Å². The van der Waals surface area contributed by atoms with E-state index in [9.17, 15) is 35.9 Å². The molecular formula is C28H27F6N5O2. The second kappa shape index (κ2) is 10.1. The lowest BCUT2D eigenvalue weighted by atomic mass is 9.84. The van der Waals surface area contributed by atoms with E-state index < -0.39 is 40.5 Å². The quantitative estimate of drug-likeness (QED) is 0.397. The minimum atomic E-state index is -5.07. The van der Waals surface area contributed by atoms with Gasteiger partial charge in [0.25, 0.3) is 5.91 Å². The third-order valence-corrected chi connectivity index (χ3v) is 7.89. The zero-order chi connectivity index (χ0) is 29.7. The smallest absolute Gasteiger partial charge is 0.339 e. The van der Waals surface area contributed by atoms with E-state index in [-0.39, 0.29) is 51.1 Å². The summed E-state index contributed by atoms with van der Waals surface area (Å²) >= 11 is 0. The molecule has 1 spiro atoms. The Morgan fingerprint density at radius 3 is 2.12 bits per heavy atom. The number of anilines is 1. The van der Waals surface area contributed by atoms with Gasteiger partial charge in [-0.3, -0.25) is 9.59 Å². The highest BCUT2D eigenvalue weighted by Crippen LogP contribution is 2.42. The molecule has 218 valence electrons. The number of piperidine rings is 1. The van der Waals surface area contributed by atoms with E-state index in [0.717, 1.165) is 11.3 Å². The van der Waals surface area contributed by atoms with Crippen LogP contribution in [-0.4, -0.2) is 56.5 Å². The van der Waals surface area contributed by atoms with Crippen molar-refractivity contribution < 1.29 is 35.9 Å². The van der Waals surface area contributed by atoms with Crippen molar-refractivity contribution in [2.24, 2.45) is 7.05 Å². The minimum absolute atomic E-state index is 0.00454. The predicted molar refractivity (Wildman–Crippen MR) is 137 cm³/mol. The van der Waals surface area contributed by atoms with Crippen molar-refractivity contribution in [2.45, 2.75) is 44.2 Å². The third-order valence-electron chi connectivity index (χ3n) is 7.89. The Hall–Kier alpha value is -4.03. The van der Waals surface area contributed by atoms with Crippen LogP contribution in [0.5, 0.6) is 0 Å². The molecule has 0 radical (unpaired) electrons. The monoisotopic (exact) mass is 579 g/mol. The number of aromatic nitrogens is 2. The molecule has 0 aliphatic carbocycles. The highest BCUT2D eigenvalue weighted by molar-refractivity contribution is 5.96. The number of hydrogen-bond acceptors (Lipinski definition) is 4. The molecule has 2 aromatic carbocycles. The van der Waals surface area contributed by atoms with Crippen LogP contribution in [-0.2, 0) is 30.7 Å². The fraction of sp³-hybridized carbons (Fsp3) is 0.393. The Balaban J connectivity index is 1.44. The van der Waals surface area contributed by atoms with Gasteiger partial charge in [0.1, 0.15) is 11.4 Å². The van der Waals surface area contributed by atoms with E-state index in [0.29, 0.717) is 18.0 Å². The second-order valence-electron chi connectivity index (χ2n) is 10.4. The number of amides is 2. The van der Waals surface area contributed by atoms with Gasteiger partial charge in [-0.05, 0) is 49.6 Å². The Kier molecular flexibility index (Phi) is 7.03. The standard InChI is InChI=1S/C28H27F6N5O2/c1-18-5-3-4-6-22(18)39-17-38(16-23-35-9-12-36(23)2)25(41)26(39)7-10-37(11-8-26)24(40)19-13-20(27(29,30)31)15-21(14-19)28(32,33)34/h3-6,9,12-15H,7-8,10-11,16-17H2,1-2H3. The number of nitrogens with zero attached hydrogens (tertiary/aromatic N) is 5. The van der Waals surface area contributed by atoms with E-state index in [4.69, 9.17) is 0 Å². The van der Waals surface area contributed by atoms with Crippen molar-refractivity contribution in [1.29, 1.82) is 0 Å².